The van der Waals surface area contributed by atoms with Gasteiger partial charge in [0, 0.05) is 37.8 Å². The van der Waals surface area contributed by atoms with Gasteiger partial charge in [0.2, 0.25) is 0 Å². The third-order valence-corrected chi connectivity index (χ3v) is 6.87. The van der Waals surface area contributed by atoms with E-state index in [0.717, 1.165) is 24.0 Å². The summed E-state index contributed by atoms with van der Waals surface area (Å²) in [5.74, 6) is 0.766. The molecule has 1 aliphatic rings. The summed E-state index contributed by atoms with van der Waals surface area (Å²) in [7, 11) is 2.26. The highest BCUT2D eigenvalue weighted by Crippen LogP contribution is 2.21. The first-order chi connectivity index (χ1) is 13.6. The summed E-state index contributed by atoms with van der Waals surface area (Å²) in [5, 5.41) is 2.12. The van der Waals surface area contributed by atoms with Crippen LogP contribution in [0.3, 0.4) is 0 Å². The van der Waals surface area contributed by atoms with Crippen LogP contribution in [0.25, 0.3) is 4.96 Å². The number of benzene rings is 1. The number of thiazole rings is 1. The van der Waals surface area contributed by atoms with Gasteiger partial charge in [-0.05, 0) is 63.7 Å². The maximum Gasteiger partial charge on any atom is 0.194 e. The molecule has 3 heterocycles. The van der Waals surface area contributed by atoms with Crippen molar-refractivity contribution in [3.63, 3.8) is 0 Å². The normalized spacial score (nSPS) is 18.4. The smallest absolute Gasteiger partial charge is 0.194 e. The van der Waals surface area contributed by atoms with Gasteiger partial charge in [-0.1, -0.05) is 24.3 Å². The topological polar surface area (TPSA) is 23.8 Å². The van der Waals surface area contributed by atoms with E-state index in [9.17, 15) is 0 Å². The second-order valence-corrected chi connectivity index (χ2v) is 9.25. The van der Waals surface area contributed by atoms with Crippen molar-refractivity contribution in [3.8, 4) is 0 Å². The molecule has 0 amide bonds. The summed E-state index contributed by atoms with van der Waals surface area (Å²) < 4.78 is 2.26. The van der Waals surface area contributed by atoms with E-state index in [-0.39, 0.29) is 0 Å². The molecule has 0 N–H and O–H groups in total. The van der Waals surface area contributed by atoms with E-state index in [1.807, 2.05) is 0 Å². The van der Waals surface area contributed by atoms with Crippen molar-refractivity contribution in [2.75, 3.05) is 33.2 Å². The maximum absolute atomic E-state index is 4.69. The molecule has 0 unspecified atom stereocenters. The fourth-order valence-electron chi connectivity index (χ4n) is 4.56. The minimum absolute atomic E-state index is 0.766. The van der Waals surface area contributed by atoms with Crippen LogP contribution < -0.4 is 0 Å². The molecule has 4 rings (SSSR count). The fraction of sp³-hybridized carbons (Fsp3) is 0.522. The number of imidazole rings is 1. The van der Waals surface area contributed by atoms with E-state index in [1.54, 1.807) is 11.3 Å². The summed E-state index contributed by atoms with van der Waals surface area (Å²) in [5.41, 5.74) is 5.43. The van der Waals surface area contributed by atoms with Gasteiger partial charge in [0.15, 0.2) is 4.96 Å². The summed E-state index contributed by atoms with van der Waals surface area (Å²) in [6, 6.07) is 8.81. The molecule has 150 valence electrons. The van der Waals surface area contributed by atoms with Crippen LogP contribution in [0.15, 0.2) is 35.8 Å². The molecule has 5 heteroatoms. The highest BCUT2D eigenvalue weighted by Gasteiger charge is 2.22. The zero-order valence-electron chi connectivity index (χ0n) is 17.4. The largest absolute Gasteiger partial charge is 0.303 e. The molecule has 0 spiro atoms. The number of piperidine rings is 1. The molecule has 1 aliphatic heterocycles. The standard InChI is InChI=1S/C23H32N4S/c1-18-7-4-5-9-21(18)10-12-26-11-6-8-20(16-26)15-25(3)17-22-19(2)24-23-27(22)13-14-28-23/h4-5,7,9,13-14,20H,6,8,10-12,15-17H2,1-3H3/t20-/m0/s1. The second-order valence-electron chi connectivity index (χ2n) is 8.38. The Morgan fingerprint density at radius 3 is 2.96 bits per heavy atom. The molecular formula is C23H32N4S. The number of likely N-dealkylation sites (tertiary alicyclic amines) is 1. The average Bonchev–Trinajstić information content (AvgIpc) is 3.24. The first kappa shape index (κ1) is 19.6. The van der Waals surface area contributed by atoms with Gasteiger partial charge < -0.3 is 9.80 Å². The predicted molar refractivity (Wildman–Crippen MR) is 118 cm³/mol. The van der Waals surface area contributed by atoms with Crippen LogP contribution in [0.4, 0.5) is 0 Å². The van der Waals surface area contributed by atoms with E-state index < -0.39 is 0 Å². The van der Waals surface area contributed by atoms with Crippen molar-refractivity contribution >= 4 is 16.3 Å². The third-order valence-electron chi connectivity index (χ3n) is 6.11. The van der Waals surface area contributed by atoms with Gasteiger partial charge in [0.25, 0.3) is 0 Å². The molecule has 0 bridgehead atoms. The van der Waals surface area contributed by atoms with Crippen molar-refractivity contribution in [3.05, 3.63) is 58.4 Å². The number of hydrogen-bond acceptors (Lipinski definition) is 4. The molecule has 0 saturated carbocycles. The lowest BCUT2D eigenvalue weighted by atomic mass is 9.96. The molecule has 0 radical (unpaired) electrons. The number of aryl methyl sites for hydroxylation is 2. The molecule has 2 aromatic heterocycles. The summed E-state index contributed by atoms with van der Waals surface area (Å²) in [6.45, 7) is 10.2. The van der Waals surface area contributed by atoms with Gasteiger partial charge >= 0.3 is 0 Å². The summed E-state index contributed by atoms with van der Waals surface area (Å²) >= 11 is 1.72. The van der Waals surface area contributed by atoms with Gasteiger partial charge in [0.1, 0.15) is 0 Å². The molecule has 4 nitrogen and oxygen atoms in total. The van der Waals surface area contributed by atoms with E-state index in [2.05, 4.69) is 70.9 Å². The minimum atomic E-state index is 0.766. The number of fused-ring (bicyclic) bond motifs is 1. The Morgan fingerprint density at radius 2 is 2.11 bits per heavy atom. The Hall–Kier alpha value is -1.69. The van der Waals surface area contributed by atoms with Crippen LogP contribution in [-0.4, -0.2) is 52.4 Å². The van der Waals surface area contributed by atoms with Crippen LogP contribution in [0.5, 0.6) is 0 Å². The average molecular weight is 397 g/mol. The Balaban J connectivity index is 1.30. The lowest BCUT2D eigenvalue weighted by Gasteiger charge is -2.35. The maximum atomic E-state index is 4.69. The minimum Gasteiger partial charge on any atom is -0.303 e. The Morgan fingerprint density at radius 1 is 1.25 bits per heavy atom. The SMILES string of the molecule is Cc1ccccc1CCN1CCC[C@@H](CN(C)Cc2c(C)nc3sccn23)C1. The van der Waals surface area contributed by atoms with Gasteiger partial charge in [0.05, 0.1) is 11.4 Å². The van der Waals surface area contributed by atoms with Gasteiger partial charge in [-0.2, -0.15) is 0 Å². The van der Waals surface area contributed by atoms with Crippen molar-refractivity contribution in [2.24, 2.45) is 5.92 Å². The van der Waals surface area contributed by atoms with Crippen LogP contribution in [0.1, 0.15) is 35.4 Å². The van der Waals surface area contributed by atoms with E-state index in [1.165, 1.54) is 61.4 Å². The lowest BCUT2D eigenvalue weighted by Crippen LogP contribution is -2.41. The van der Waals surface area contributed by atoms with E-state index in [0.29, 0.717) is 0 Å². The molecule has 1 saturated heterocycles. The van der Waals surface area contributed by atoms with Crippen LogP contribution in [-0.2, 0) is 13.0 Å². The molecular weight excluding hydrogens is 364 g/mol. The van der Waals surface area contributed by atoms with Gasteiger partial charge in [-0.15, -0.1) is 11.3 Å². The van der Waals surface area contributed by atoms with Crippen molar-refractivity contribution in [2.45, 2.75) is 39.7 Å². The highest BCUT2D eigenvalue weighted by molar-refractivity contribution is 7.15. The lowest BCUT2D eigenvalue weighted by molar-refractivity contribution is 0.141. The molecule has 28 heavy (non-hydrogen) atoms. The first-order valence-corrected chi connectivity index (χ1v) is 11.3. The molecule has 1 atom stereocenters. The monoisotopic (exact) mass is 396 g/mol. The Kier molecular flexibility index (Phi) is 6.14. The number of rotatable bonds is 7. The zero-order valence-corrected chi connectivity index (χ0v) is 18.2. The Bertz CT molecular complexity index is 912. The molecule has 0 aliphatic carbocycles. The van der Waals surface area contributed by atoms with Crippen LogP contribution in [0, 0.1) is 19.8 Å². The quantitative estimate of drug-likeness (QED) is 0.591. The number of nitrogens with zero attached hydrogens (tertiary/aromatic N) is 4. The van der Waals surface area contributed by atoms with E-state index >= 15 is 0 Å². The summed E-state index contributed by atoms with van der Waals surface area (Å²) in [6.07, 6.45) is 5.99. The second kappa shape index (κ2) is 8.76. The molecule has 1 aromatic carbocycles. The van der Waals surface area contributed by atoms with Crippen molar-refractivity contribution in [1.29, 1.82) is 0 Å². The highest BCUT2D eigenvalue weighted by atomic mass is 32.1. The van der Waals surface area contributed by atoms with Crippen molar-refractivity contribution in [1.82, 2.24) is 19.2 Å². The van der Waals surface area contributed by atoms with Crippen LogP contribution in [0.2, 0.25) is 0 Å². The molecule has 1 fully saturated rings. The zero-order chi connectivity index (χ0) is 19.5. The van der Waals surface area contributed by atoms with Gasteiger partial charge in [-0.3, -0.25) is 4.40 Å². The van der Waals surface area contributed by atoms with Gasteiger partial charge in [-0.25, -0.2) is 4.98 Å². The number of hydrogen-bond donors (Lipinski definition) is 0. The third kappa shape index (κ3) is 4.48. The Labute approximate surface area is 172 Å². The van der Waals surface area contributed by atoms with Crippen LogP contribution >= 0.6 is 11.3 Å². The summed E-state index contributed by atoms with van der Waals surface area (Å²) in [4.78, 5) is 11.0. The first-order valence-electron chi connectivity index (χ1n) is 10.5. The van der Waals surface area contributed by atoms with E-state index in [4.69, 9.17) is 4.98 Å². The van der Waals surface area contributed by atoms with Crippen molar-refractivity contribution < 1.29 is 0 Å². The molecule has 3 aromatic rings. The fourth-order valence-corrected chi connectivity index (χ4v) is 5.34. The number of aromatic nitrogens is 2. The predicted octanol–water partition coefficient (Wildman–Crippen LogP) is 4.40.